The zero-order chi connectivity index (χ0) is 18.6. The normalized spacial score (nSPS) is 12.0. The van der Waals surface area contributed by atoms with Crippen molar-refractivity contribution in [2.24, 2.45) is 0 Å². The fourth-order valence-electron chi connectivity index (χ4n) is 3.10. The molecule has 0 amide bonds. The molecule has 152 valence electrons. The highest BCUT2D eigenvalue weighted by Gasteiger charge is 2.41. The monoisotopic (exact) mass is 376 g/mol. The van der Waals surface area contributed by atoms with Crippen molar-refractivity contribution in [3.05, 3.63) is 0 Å². The molecule has 5 heteroatoms. The second kappa shape index (κ2) is 18.8. The molecule has 25 heavy (non-hydrogen) atoms. The van der Waals surface area contributed by atoms with Gasteiger partial charge in [-0.25, -0.2) is 0 Å². The summed E-state index contributed by atoms with van der Waals surface area (Å²) in [4.78, 5) is 0. The second-order valence-electron chi connectivity index (χ2n) is 6.91. The van der Waals surface area contributed by atoms with Gasteiger partial charge < -0.3 is 17.7 Å². The number of rotatable bonds is 20. The van der Waals surface area contributed by atoms with Crippen molar-refractivity contribution in [1.82, 2.24) is 0 Å². The van der Waals surface area contributed by atoms with Crippen molar-refractivity contribution < 1.29 is 17.7 Å². The molecule has 0 saturated carbocycles. The zero-order valence-electron chi connectivity index (χ0n) is 17.4. The Hall–Kier alpha value is 0.0569. The van der Waals surface area contributed by atoms with Crippen LogP contribution >= 0.6 is 0 Å². The van der Waals surface area contributed by atoms with Crippen molar-refractivity contribution in [3.8, 4) is 0 Å². The van der Waals surface area contributed by atoms with Crippen molar-refractivity contribution in [1.29, 1.82) is 0 Å². The van der Waals surface area contributed by atoms with E-state index in [1.165, 1.54) is 89.9 Å². The third-order valence-electron chi connectivity index (χ3n) is 4.78. The van der Waals surface area contributed by atoms with Gasteiger partial charge in [-0.3, -0.25) is 0 Å². The van der Waals surface area contributed by atoms with Gasteiger partial charge in [-0.1, -0.05) is 96.8 Å². The van der Waals surface area contributed by atoms with Crippen LogP contribution in [0.25, 0.3) is 0 Å². The molecule has 0 aliphatic rings. The van der Waals surface area contributed by atoms with Gasteiger partial charge in [0.15, 0.2) is 0 Å². The fraction of sp³-hybridized carbons (Fsp3) is 1.00. The molecule has 0 radical (unpaired) electrons. The molecule has 0 heterocycles. The molecular weight excluding hydrogens is 332 g/mol. The predicted octanol–water partition coefficient (Wildman–Crippen LogP) is 6.25. The molecule has 0 spiro atoms. The van der Waals surface area contributed by atoms with Crippen molar-refractivity contribution in [2.75, 3.05) is 27.9 Å². The van der Waals surface area contributed by atoms with E-state index in [9.17, 15) is 0 Å². The second-order valence-corrected chi connectivity index (χ2v) is 9.42. The molecule has 0 aromatic rings. The van der Waals surface area contributed by atoms with Crippen molar-refractivity contribution in [3.63, 3.8) is 0 Å². The first kappa shape index (κ1) is 25.1. The maximum Gasteiger partial charge on any atom is 0.678 e. The lowest BCUT2D eigenvalue weighted by Crippen LogP contribution is -2.46. The first-order valence-electron chi connectivity index (χ1n) is 10.5. The summed E-state index contributed by atoms with van der Waals surface area (Å²) in [5, 5.41) is 0. The Morgan fingerprint density at radius 1 is 0.480 bits per heavy atom. The minimum Gasteiger partial charge on any atom is -0.355 e. The Morgan fingerprint density at radius 3 is 1.12 bits per heavy atom. The first-order chi connectivity index (χ1) is 12.2. The number of unbranched alkanes of at least 4 members (excludes halogenated alkanes) is 14. The van der Waals surface area contributed by atoms with Crippen LogP contribution in [0.5, 0.6) is 0 Å². The van der Waals surface area contributed by atoms with E-state index in [4.69, 9.17) is 17.7 Å². The largest absolute Gasteiger partial charge is 0.678 e. The van der Waals surface area contributed by atoms with Crippen LogP contribution in [-0.4, -0.2) is 37.0 Å². The van der Waals surface area contributed by atoms with Crippen LogP contribution in [0.4, 0.5) is 0 Å². The van der Waals surface area contributed by atoms with E-state index in [1.54, 1.807) is 21.3 Å². The summed E-state index contributed by atoms with van der Waals surface area (Å²) in [7, 11) is 1.90. The molecular formula is C20H44O4Si. The van der Waals surface area contributed by atoms with E-state index in [2.05, 4.69) is 6.92 Å². The van der Waals surface area contributed by atoms with Crippen molar-refractivity contribution >= 4 is 9.05 Å². The minimum absolute atomic E-state index is 0.653. The molecule has 0 aromatic carbocycles. The summed E-state index contributed by atoms with van der Waals surface area (Å²) in [6.07, 6.45) is 20.5. The van der Waals surface area contributed by atoms with Gasteiger partial charge >= 0.3 is 9.05 Å². The van der Waals surface area contributed by atoms with E-state index >= 15 is 0 Å². The van der Waals surface area contributed by atoms with Crippen LogP contribution in [0.15, 0.2) is 0 Å². The van der Waals surface area contributed by atoms with E-state index in [0.29, 0.717) is 6.61 Å². The predicted molar refractivity (Wildman–Crippen MR) is 108 cm³/mol. The molecule has 0 unspecified atom stereocenters. The van der Waals surface area contributed by atoms with Crippen LogP contribution in [-0.2, 0) is 17.7 Å². The van der Waals surface area contributed by atoms with Gasteiger partial charge in [0.05, 0.1) is 0 Å². The van der Waals surface area contributed by atoms with Gasteiger partial charge in [-0.15, -0.1) is 0 Å². The van der Waals surface area contributed by atoms with E-state index < -0.39 is 9.05 Å². The highest BCUT2D eigenvalue weighted by molar-refractivity contribution is 6.53. The van der Waals surface area contributed by atoms with Gasteiger partial charge in [0.1, 0.15) is 0 Å². The standard InChI is InChI=1S/C20H44O4Si/c1-5-6-7-8-9-10-11-12-13-14-15-16-17-18-19-20-24-25(21-2,22-3)23-4/h5-20H2,1-4H3. The quantitative estimate of drug-likeness (QED) is 0.186. The minimum atomic E-state index is -2.82. The summed E-state index contributed by atoms with van der Waals surface area (Å²) >= 11 is 0. The average molecular weight is 377 g/mol. The number of hydrogen-bond acceptors (Lipinski definition) is 4. The summed E-state index contributed by atoms with van der Waals surface area (Å²) in [5.74, 6) is 0. The van der Waals surface area contributed by atoms with Gasteiger partial charge in [-0.2, -0.15) is 0 Å². The Kier molecular flexibility index (Phi) is 18.9. The Bertz CT molecular complexity index is 252. The SMILES string of the molecule is CCCCCCCCCCCCCCCCCO[Si](OC)(OC)OC. The molecule has 0 bridgehead atoms. The highest BCUT2D eigenvalue weighted by atomic mass is 28.4. The molecule has 0 rings (SSSR count). The maximum atomic E-state index is 5.66. The lowest BCUT2D eigenvalue weighted by atomic mass is 10.0. The van der Waals surface area contributed by atoms with Crippen molar-refractivity contribution in [2.45, 2.75) is 103 Å². The van der Waals surface area contributed by atoms with Gasteiger partial charge in [0, 0.05) is 27.9 Å². The summed E-state index contributed by atoms with van der Waals surface area (Å²) in [5.41, 5.74) is 0. The van der Waals surface area contributed by atoms with Gasteiger partial charge in [0.2, 0.25) is 0 Å². The molecule has 0 aliphatic heterocycles. The van der Waals surface area contributed by atoms with Crippen LogP contribution in [0.2, 0.25) is 0 Å². The molecule has 0 atom stereocenters. The highest BCUT2D eigenvalue weighted by Crippen LogP contribution is 2.14. The molecule has 4 nitrogen and oxygen atoms in total. The third kappa shape index (κ3) is 14.9. The summed E-state index contributed by atoms with van der Waals surface area (Å²) < 4.78 is 21.4. The Labute approximate surface area is 158 Å². The van der Waals surface area contributed by atoms with E-state index in [-0.39, 0.29) is 0 Å². The Morgan fingerprint density at radius 2 is 0.800 bits per heavy atom. The smallest absolute Gasteiger partial charge is 0.355 e. The van der Waals surface area contributed by atoms with E-state index in [1.807, 2.05) is 0 Å². The summed E-state index contributed by atoms with van der Waals surface area (Å²) in [6.45, 7) is 2.93. The van der Waals surface area contributed by atoms with Gasteiger partial charge in [-0.05, 0) is 6.42 Å². The molecule has 0 aliphatic carbocycles. The fourth-order valence-corrected chi connectivity index (χ4v) is 4.35. The molecule has 0 saturated heterocycles. The third-order valence-corrected chi connectivity index (χ3v) is 6.83. The maximum absolute atomic E-state index is 5.66. The van der Waals surface area contributed by atoms with Crippen LogP contribution < -0.4 is 0 Å². The first-order valence-corrected chi connectivity index (χ1v) is 12.2. The average Bonchev–Trinajstić information content (AvgIpc) is 2.65. The number of hydrogen-bond donors (Lipinski definition) is 0. The Balaban J connectivity index is 3.21. The summed E-state index contributed by atoms with van der Waals surface area (Å²) in [6, 6.07) is 0. The molecule has 0 aromatic heterocycles. The lowest BCUT2D eigenvalue weighted by Gasteiger charge is -2.22. The van der Waals surface area contributed by atoms with Crippen LogP contribution in [0, 0.1) is 0 Å². The van der Waals surface area contributed by atoms with Crippen LogP contribution in [0.1, 0.15) is 103 Å². The topological polar surface area (TPSA) is 36.9 Å². The molecule has 0 fully saturated rings. The van der Waals surface area contributed by atoms with Gasteiger partial charge in [0.25, 0.3) is 0 Å². The zero-order valence-corrected chi connectivity index (χ0v) is 18.4. The van der Waals surface area contributed by atoms with Crippen LogP contribution in [0.3, 0.4) is 0 Å². The lowest BCUT2D eigenvalue weighted by molar-refractivity contribution is 0.00504. The van der Waals surface area contributed by atoms with E-state index in [0.717, 1.165) is 6.42 Å². The molecule has 0 N–H and O–H groups in total.